The van der Waals surface area contributed by atoms with Crippen molar-refractivity contribution in [3.63, 3.8) is 0 Å². The average molecular weight is 161 g/mol. The molecule has 1 heterocycles. The van der Waals surface area contributed by atoms with Gasteiger partial charge in [0.05, 0.1) is 18.2 Å². The van der Waals surface area contributed by atoms with Crippen LogP contribution in [-0.2, 0) is 11.3 Å². The predicted molar refractivity (Wildman–Crippen MR) is 43.6 cm³/mol. The Labute approximate surface area is 70.3 Å². The first-order valence-corrected chi connectivity index (χ1v) is 3.64. The van der Waals surface area contributed by atoms with Gasteiger partial charge in [0.1, 0.15) is 0 Å². The average Bonchev–Trinajstić information content (AvgIpc) is 2.48. The van der Waals surface area contributed by atoms with E-state index in [-0.39, 0.29) is 0 Å². The molecule has 0 saturated heterocycles. The Morgan fingerprint density at radius 1 is 1.58 bits per heavy atom. The fourth-order valence-corrected chi connectivity index (χ4v) is 1.38. The van der Waals surface area contributed by atoms with Gasteiger partial charge in [-0.3, -0.25) is 0 Å². The van der Waals surface area contributed by atoms with E-state index in [1.165, 1.54) is 0 Å². The van der Waals surface area contributed by atoms with Crippen LogP contribution >= 0.6 is 0 Å². The van der Waals surface area contributed by atoms with Gasteiger partial charge in [-0.25, -0.2) is 0 Å². The minimum absolute atomic E-state index is 0.395. The van der Waals surface area contributed by atoms with Crippen molar-refractivity contribution in [3.8, 4) is 6.07 Å². The van der Waals surface area contributed by atoms with E-state index >= 15 is 0 Å². The molecule has 0 aliphatic carbocycles. The lowest BCUT2D eigenvalue weighted by atomic mass is 9.77. The van der Waals surface area contributed by atoms with Crippen LogP contribution in [0.3, 0.4) is 0 Å². The van der Waals surface area contributed by atoms with E-state index in [0.29, 0.717) is 17.6 Å². The number of nitriles is 1. The standard InChI is InChI=1S/C8H6BNO2/c10-4-6-2-1-3-7-5-12-9(11)8(6)7/h1-3,11H,5H2/i5+2. The van der Waals surface area contributed by atoms with Crippen LogP contribution in [0.2, 0.25) is 0 Å². The summed E-state index contributed by atoms with van der Waals surface area (Å²) in [6, 6.07) is 7.34. The summed E-state index contributed by atoms with van der Waals surface area (Å²) in [6.07, 6.45) is 0. The van der Waals surface area contributed by atoms with Crippen molar-refractivity contribution >= 4 is 12.6 Å². The van der Waals surface area contributed by atoms with E-state index in [1.807, 2.05) is 12.1 Å². The zero-order valence-electron chi connectivity index (χ0n) is 6.32. The van der Waals surface area contributed by atoms with Crippen molar-refractivity contribution < 1.29 is 9.68 Å². The van der Waals surface area contributed by atoms with Gasteiger partial charge >= 0.3 is 7.12 Å². The molecule has 0 fully saturated rings. The van der Waals surface area contributed by atoms with Crippen LogP contribution in [-0.4, -0.2) is 12.1 Å². The molecule has 1 aromatic carbocycles. The number of hydrogen-bond donors (Lipinski definition) is 1. The Bertz CT molecular complexity index is 359. The second-order valence-electron chi connectivity index (χ2n) is 2.65. The van der Waals surface area contributed by atoms with Crippen LogP contribution in [0.4, 0.5) is 0 Å². The molecule has 0 bridgehead atoms. The molecule has 2 rings (SSSR count). The maximum atomic E-state index is 9.32. The van der Waals surface area contributed by atoms with E-state index in [2.05, 4.69) is 0 Å². The lowest BCUT2D eigenvalue weighted by molar-refractivity contribution is 0.275. The van der Waals surface area contributed by atoms with Crippen LogP contribution in [0.5, 0.6) is 0 Å². The highest BCUT2D eigenvalue weighted by Crippen LogP contribution is 2.11. The molecule has 0 spiro atoms. The Morgan fingerprint density at radius 2 is 2.42 bits per heavy atom. The van der Waals surface area contributed by atoms with E-state index in [1.54, 1.807) is 12.1 Å². The molecule has 0 amide bonds. The van der Waals surface area contributed by atoms with Crippen molar-refractivity contribution in [1.82, 2.24) is 0 Å². The molecule has 1 aromatic rings. The Morgan fingerprint density at radius 3 is 3.17 bits per heavy atom. The summed E-state index contributed by atoms with van der Waals surface area (Å²) in [7, 11) is -0.921. The molecule has 1 aliphatic rings. The van der Waals surface area contributed by atoms with Gasteiger partial charge in [0, 0.05) is 5.46 Å². The number of rotatable bonds is 0. The minimum Gasteiger partial charge on any atom is -0.423 e. The van der Waals surface area contributed by atoms with E-state index < -0.39 is 7.12 Å². The number of hydrogen-bond acceptors (Lipinski definition) is 3. The molecule has 0 radical (unpaired) electrons. The van der Waals surface area contributed by atoms with Gasteiger partial charge in [0.15, 0.2) is 0 Å². The molecule has 12 heavy (non-hydrogen) atoms. The summed E-state index contributed by atoms with van der Waals surface area (Å²) in [4.78, 5) is 0. The summed E-state index contributed by atoms with van der Waals surface area (Å²) in [5, 5.41) is 18.0. The third-order valence-corrected chi connectivity index (χ3v) is 1.96. The van der Waals surface area contributed by atoms with Crippen LogP contribution in [0.25, 0.3) is 0 Å². The highest BCUT2D eigenvalue weighted by molar-refractivity contribution is 6.62. The highest BCUT2D eigenvalue weighted by Gasteiger charge is 2.29. The number of fused-ring (bicyclic) bond motifs is 1. The SMILES string of the molecule is N#Cc1cccc2c1B(O)O[14CH2]2. The highest BCUT2D eigenvalue weighted by atomic mass is 16.7. The van der Waals surface area contributed by atoms with Gasteiger partial charge in [-0.05, 0) is 11.6 Å². The summed E-state index contributed by atoms with van der Waals surface area (Å²) in [6.45, 7) is 0.395. The quantitative estimate of drug-likeness (QED) is 0.535. The van der Waals surface area contributed by atoms with Gasteiger partial charge in [0.25, 0.3) is 0 Å². The third kappa shape index (κ3) is 0.917. The Kier molecular flexibility index (Phi) is 1.61. The second kappa shape index (κ2) is 2.63. The maximum absolute atomic E-state index is 9.32. The molecular formula is C8H6BNO2. The summed E-state index contributed by atoms with van der Waals surface area (Å²) in [5.41, 5.74) is 2.03. The Hall–Kier alpha value is -1.31. The number of nitrogens with zero attached hydrogens (tertiary/aromatic N) is 1. The molecular weight excluding hydrogens is 155 g/mol. The monoisotopic (exact) mass is 161 g/mol. The van der Waals surface area contributed by atoms with E-state index in [4.69, 9.17) is 9.92 Å². The van der Waals surface area contributed by atoms with Gasteiger partial charge in [-0.15, -0.1) is 0 Å². The minimum atomic E-state index is -0.921. The van der Waals surface area contributed by atoms with Gasteiger partial charge in [0.2, 0.25) is 0 Å². The van der Waals surface area contributed by atoms with Gasteiger partial charge in [-0.2, -0.15) is 5.26 Å². The normalized spacial score (nSPS) is 14.2. The van der Waals surface area contributed by atoms with Crippen molar-refractivity contribution in [1.29, 1.82) is 5.26 Å². The Balaban J connectivity index is 2.62. The fraction of sp³-hybridized carbons (Fsp3) is 0.125. The van der Waals surface area contributed by atoms with Crippen LogP contribution in [0.1, 0.15) is 11.1 Å². The first-order chi connectivity index (χ1) is 5.83. The zero-order valence-corrected chi connectivity index (χ0v) is 6.32. The molecule has 1 N–H and O–H groups in total. The fourth-order valence-electron chi connectivity index (χ4n) is 1.38. The summed E-state index contributed by atoms with van der Waals surface area (Å²) in [5.74, 6) is 0. The first-order valence-electron chi connectivity index (χ1n) is 3.64. The summed E-state index contributed by atoms with van der Waals surface area (Å²) >= 11 is 0. The van der Waals surface area contributed by atoms with Crippen molar-refractivity contribution in [3.05, 3.63) is 29.3 Å². The van der Waals surface area contributed by atoms with Crippen LogP contribution in [0.15, 0.2) is 18.2 Å². The smallest absolute Gasteiger partial charge is 0.423 e. The van der Waals surface area contributed by atoms with Crippen LogP contribution < -0.4 is 5.46 Å². The lowest BCUT2D eigenvalue weighted by Crippen LogP contribution is -2.30. The maximum Gasteiger partial charge on any atom is 0.493 e. The van der Waals surface area contributed by atoms with Crippen molar-refractivity contribution in [2.75, 3.05) is 0 Å². The molecule has 0 unspecified atom stereocenters. The molecule has 0 atom stereocenters. The molecule has 1 aliphatic heterocycles. The molecule has 58 valence electrons. The predicted octanol–water partition coefficient (Wildman–Crippen LogP) is -0.224. The van der Waals surface area contributed by atoms with E-state index in [9.17, 15) is 5.02 Å². The zero-order chi connectivity index (χ0) is 8.55. The lowest BCUT2D eigenvalue weighted by Gasteiger charge is -1.98. The second-order valence-corrected chi connectivity index (χ2v) is 2.65. The van der Waals surface area contributed by atoms with Gasteiger partial charge in [-0.1, -0.05) is 12.1 Å². The van der Waals surface area contributed by atoms with Gasteiger partial charge < -0.3 is 9.68 Å². The first kappa shape index (κ1) is 7.35. The molecule has 0 saturated carbocycles. The number of benzene rings is 1. The largest absolute Gasteiger partial charge is 0.493 e. The van der Waals surface area contributed by atoms with Crippen molar-refractivity contribution in [2.45, 2.75) is 6.61 Å². The third-order valence-electron chi connectivity index (χ3n) is 1.96. The van der Waals surface area contributed by atoms with Crippen molar-refractivity contribution in [2.24, 2.45) is 0 Å². The molecule has 0 aromatic heterocycles. The van der Waals surface area contributed by atoms with Crippen LogP contribution in [0, 0.1) is 11.3 Å². The summed E-state index contributed by atoms with van der Waals surface area (Å²) < 4.78 is 4.97. The molecule has 3 nitrogen and oxygen atoms in total. The van der Waals surface area contributed by atoms with E-state index in [0.717, 1.165) is 5.56 Å². The molecule has 4 heteroatoms. The topological polar surface area (TPSA) is 53.2 Å².